The van der Waals surface area contributed by atoms with Crippen LogP contribution < -0.4 is 0 Å². The lowest BCUT2D eigenvalue weighted by molar-refractivity contribution is -0.201. The minimum atomic E-state index is -0.580. The monoisotopic (exact) mass is 514 g/mol. The molecule has 3 unspecified atom stereocenters. The molecule has 1 saturated carbocycles. The van der Waals surface area contributed by atoms with Crippen LogP contribution in [0.5, 0.6) is 0 Å². The molecule has 0 aromatic carbocycles. The molecule has 0 aromatic heterocycles. The van der Waals surface area contributed by atoms with Crippen LogP contribution in [-0.2, 0) is 23.7 Å². The quantitative estimate of drug-likeness (QED) is 0.190. The molecule has 0 radical (unpaired) electrons. The van der Waals surface area contributed by atoms with Gasteiger partial charge in [0, 0.05) is 37.7 Å². The molecule has 0 spiro atoms. The van der Waals surface area contributed by atoms with Crippen LogP contribution in [0.3, 0.4) is 0 Å². The van der Waals surface area contributed by atoms with Gasteiger partial charge in [0.25, 0.3) is 0 Å². The number of ether oxygens (including phenoxy) is 4. The minimum absolute atomic E-state index is 0.139. The summed E-state index contributed by atoms with van der Waals surface area (Å²) in [5, 5.41) is 26.8. The Kier molecular flexibility index (Phi) is 15.8. The first-order chi connectivity index (χ1) is 17.5. The summed E-state index contributed by atoms with van der Waals surface area (Å²) in [5.74, 6) is 0.492. The van der Waals surface area contributed by atoms with Crippen molar-refractivity contribution in [1.29, 1.82) is 0 Å². The first kappa shape index (κ1) is 31.2. The van der Waals surface area contributed by atoms with Gasteiger partial charge in [-0.25, -0.2) is 0 Å². The van der Waals surface area contributed by atoms with Crippen LogP contribution in [0.1, 0.15) is 97.3 Å². The van der Waals surface area contributed by atoms with E-state index >= 15 is 0 Å². The van der Waals surface area contributed by atoms with Gasteiger partial charge >= 0.3 is 0 Å². The highest BCUT2D eigenvalue weighted by molar-refractivity contribution is 5.50. The van der Waals surface area contributed by atoms with Crippen molar-refractivity contribution in [2.24, 2.45) is 11.8 Å². The summed E-state index contributed by atoms with van der Waals surface area (Å²) in [6, 6.07) is 0. The summed E-state index contributed by atoms with van der Waals surface area (Å²) in [4.78, 5) is 11.4. The molecule has 2 heterocycles. The third-order valence-electron chi connectivity index (χ3n) is 7.06. The third kappa shape index (κ3) is 11.2. The zero-order valence-electron chi connectivity index (χ0n) is 22.4. The van der Waals surface area contributed by atoms with Crippen molar-refractivity contribution in [1.82, 2.24) is 0 Å². The van der Waals surface area contributed by atoms with E-state index in [9.17, 15) is 9.90 Å². The Morgan fingerprint density at radius 3 is 2.28 bits per heavy atom. The second-order valence-corrected chi connectivity index (χ2v) is 10.3. The predicted octanol–water partition coefficient (Wildman–Crippen LogP) is 4.24. The normalized spacial score (nSPS) is 31.9. The van der Waals surface area contributed by atoms with Crippen molar-refractivity contribution in [2.45, 2.75) is 128 Å². The molecule has 8 nitrogen and oxygen atoms in total. The van der Waals surface area contributed by atoms with Gasteiger partial charge < -0.3 is 39.1 Å². The SMILES string of the molecule is CC(O)CO.CCCCCCC=C(OC1CCCCO1)[C@H]1[C@H](CC=O)[C@H](O)C[C@@H]1OC1CCCCO1. The van der Waals surface area contributed by atoms with Crippen molar-refractivity contribution < 1.29 is 39.1 Å². The van der Waals surface area contributed by atoms with Crippen molar-refractivity contribution >= 4 is 6.29 Å². The maximum absolute atomic E-state index is 11.4. The number of aliphatic hydroxyl groups is 3. The Labute approximate surface area is 217 Å². The van der Waals surface area contributed by atoms with Crippen LogP contribution in [0.25, 0.3) is 0 Å². The van der Waals surface area contributed by atoms with E-state index in [2.05, 4.69) is 13.0 Å². The Morgan fingerprint density at radius 1 is 1.06 bits per heavy atom. The average Bonchev–Trinajstić information content (AvgIpc) is 3.19. The molecule has 36 heavy (non-hydrogen) atoms. The summed E-state index contributed by atoms with van der Waals surface area (Å²) in [7, 11) is 0. The molecule has 2 saturated heterocycles. The second kappa shape index (κ2) is 18.3. The van der Waals surface area contributed by atoms with Crippen LogP contribution in [-0.4, -0.2) is 72.3 Å². The zero-order valence-corrected chi connectivity index (χ0v) is 22.4. The molecule has 210 valence electrons. The van der Waals surface area contributed by atoms with Crippen LogP contribution in [0, 0.1) is 11.8 Å². The summed E-state index contributed by atoms with van der Waals surface area (Å²) < 4.78 is 24.5. The van der Waals surface area contributed by atoms with Gasteiger partial charge in [0.2, 0.25) is 0 Å². The van der Waals surface area contributed by atoms with Gasteiger partial charge in [0.15, 0.2) is 12.6 Å². The Hall–Kier alpha value is -1.03. The van der Waals surface area contributed by atoms with E-state index in [-0.39, 0.29) is 37.1 Å². The van der Waals surface area contributed by atoms with E-state index in [1.807, 2.05) is 0 Å². The van der Waals surface area contributed by atoms with Gasteiger partial charge in [-0.15, -0.1) is 0 Å². The molecule has 3 N–H and O–H groups in total. The lowest BCUT2D eigenvalue weighted by Crippen LogP contribution is -2.34. The summed E-state index contributed by atoms with van der Waals surface area (Å²) >= 11 is 0. The smallest absolute Gasteiger partial charge is 0.199 e. The number of aldehydes is 1. The molecule has 3 aliphatic rings. The summed E-state index contributed by atoms with van der Waals surface area (Å²) in [6.45, 7) is 5.04. The van der Waals surface area contributed by atoms with E-state index in [4.69, 9.17) is 29.2 Å². The molecular formula is C28H50O8. The number of hydrogen-bond acceptors (Lipinski definition) is 8. The predicted molar refractivity (Wildman–Crippen MR) is 137 cm³/mol. The Morgan fingerprint density at radius 2 is 1.72 bits per heavy atom. The number of allylic oxidation sites excluding steroid dienone is 1. The number of carbonyl (C=O) groups is 1. The van der Waals surface area contributed by atoms with Gasteiger partial charge in [0.05, 0.1) is 31.5 Å². The molecule has 3 rings (SSSR count). The molecule has 2 aliphatic heterocycles. The van der Waals surface area contributed by atoms with Gasteiger partial charge in [-0.3, -0.25) is 0 Å². The maximum atomic E-state index is 11.4. The Bertz CT molecular complexity index is 598. The molecule has 1 aliphatic carbocycles. The van der Waals surface area contributed by atoms with E-state index in [0.29, 0.717) is 12.8 Å². The largest absolute Gasteiger partial charge is 0.469 e. The van der Waals surface area contributed by atoms with Crippen LogP contribution in [0.4, 0.5) is 0 Å². The fourth-order valence-corrected chi connectivity index (χ4v) is 5.07. The van der Waals surface area contributed by atoms with E-state index in [1.165, 1.54) is 26.2 Å². The van der Waals surface area contributed by atoms with Gasteiger partial charge in [0.1, 0.15) is 12.0 Å². The van der Waals surface area contributed by atoms with Gasteiger partial charge in [-0.1, -0.05) is 26.2 Å². The number of unbranched alkanes of at least 4 members (excludes halogenated alkanes) is 4. The molecular weight excluding hydrogens is 464 g/mol. The van der Waals surface area contributed by atoms with E-state index < -0.39 is 12.2 Å². The summed E-state index contributed by atoms with van der Waals surface area (Å²) in [5.41, 5.74) is 0. The van der Waals surface area contributed by atoms with Crippen molar-refractivity contribution in [3.8, 4) is 0 Å². The van der Waals surface area contributed by atoms with Crippen molar-refractivity contribution in [3.05, 3.63) is 11.8 Å². The number of rotatable bonds is 13. The van der Waals surface area contributed by atoms with Gasteiger partial charge in [-0.05, 0) is 57.9 Å². The van der Waals surface area contributed by atoms with Crippen LogP contribution in [0.15, 0.2) is 11.8 Å². The van der Waals surface area contributed by atoms with E-state index in [0.717, 1.165) is 76.6 Å². The lowest BCUT2D eigenvalue weighted by atomic mass is 9.88. The standard InChI is InChI=1S/C25H42O6.C3H8O2/c1-2-3-4-5-6-11-21(30-23-12-7-9-16-28-23)25-19(14-15-26)20(27)18-22(25)31-24-13-8-10-17-29-24;1-3(5)2-4/h11,15,19-20,22-25,27H,2-10,12-14,16-18H2,1H3;3-5H,2H2,1H3/t19-,20-,22+,23?,24?,25-;/m1./s1. The third-order valence-corrected chi connectivity index (χ3v) is 7.06. The van der Waals surface area contributed by atoms with E-state index in [1.54, 1.807) is 0 Å². The molecule has 8 heteroatoms. The summed E-state index contributed by atoms with van der Waals surface area (Å²) in [6.07, 6.45) is 13.8. The van der Waals surface area contributed by atoms with Crippen molar-refractivity contribution in [2.75, 3.05) is 19.8 Å². The average molecular weight is 515 g/mol. The number of hydrogen-bond donors (Lipinski definition) is 3. The molecule has 0 amide bonds. The fraction of sp³-hybridized carbons (Fsp3) is 0.893. The first-order valence-electron chi connectivity index (χ1n) is 14.2. The molecule has 3 fully saturated rings. The highest BCUT2D eigenvalue weighted by atomic mass is 16.7. The highest BCUT2D eigenvalue weighted by Gasteiger charge is 2.47. The second-order valence-electron chi connectivity index (χ2n) is 10.3. The molecule has 0 aromatic rings. The van der Waals surface area contributed by atoms with Crippen LogP contribution >= 0.6 is 0 Å². The number of aliphatic hydroxyl groups excluding tert-OH is 3. The molecule has 0 bridgehead atoms. The fourth-order valence-electron chi connectivity index (χ4n) is 5.07. The minimum Gasteiger partial charge on any atom is -0.469 e. The lowest BCUT2D eigenvalue weighted by Gasteiger charge is -2.33. The Balaban J connectivity index is 0.000000830. The van der Waals surface area contributed by atoms with Crippen LogP contribution in [0.2, 0.25) is 0 Å². The zero-order chi connectivity index (χ0) is 26.2. The number of carbonyl (C=O) groups excluding carboxylic acids is 1. The highest BCUT2D eigenvalue weighted by Crippen LogP contribution is 2.43. The maximum Gasteiger partial charge on any atom is 0.199 e. The molecule has 7 atom stereocenters. The first-order valence-corrected chi connectivity index (χ1v) is 14.2. The van der Waals surface area contributed by atoms with Gasteiger partial charge in [-0.2, -0.15) is 0 Å². The topological polar surface area (TPSA) is 115 Å². The van der Waals surface area contributed by atoms with Crippen molar-refractivity contribution in [3.63, 3.8) is 0 Å².